The SMILES string of the molecule is COc1ccc2[nH]c(=O)c(CN(Cc3ccc(C)cc3)Cc3nnnn3Cc3ccc(F)cc3)cc2c1. The normalized spacial score (nSPS) is 11.4. The molecule has 37 heavy (non-hydrogen) atoms. The number of aromatic amines is 1. The van der Waals surface area contributed by atoms with Crippen molar-refractivity contribution in [1.29, 1.82) is 0 Å². The summed E-state index contributed by atoms with van der Waals surface area (Å²) in [5, 5.41) is 13.2. The number of hydrogen-bond donors (Lipinski definition) is 1. The monoisotopic (exact) mass is 498 g/mol. The minimum Gasteiger partial charge on any atom is -0.497 e. The van der Waals surface area contributed by atoms with Crippen molar-refractivity contribution in [3.63, 3.8) is 0 Å². The first-order valence-electron chi connectivity index (χ1n) is 11.9. The van der Waals surface area contributed by atoms with Gasteiger partial charge in [-0.2, -0.15) is 0 Å². The summed E-state index contributed by atoms with van der Waals surface area (Å²) in [7, 11) is 1.62. The number of nitrogens with one attached hydrogen (secondary N) is 1. The highest BCUT2D eigenvalue weighted by atomic mass is 19.1. The molecule has 2 aromatic heterocycles. The predicted octanol–water partition coefficient (Wildman–Crippen LogP) is 4.22. The topological polar surface area (TPSA) is 88.9 Å². The van der Waals surface area contributed by atoms with Gasteiger partial charge in [0.15, 0.2) is 5.82 Å². The number of ether oxygens (including phenoxy) is 1. The van der Waals surface area contributed by atoms with Crippen LogP contribution in [-0.2, 0) is 26.2 Å². The van der Waals surface area contributed by atoms with Crippen LogP contribution in [0.25, 0.3) is 10.9 Å². The van der Waals surface area contributed by atoms with Gasteiger partial charge in [0.25, 0.3) is 5.56 Å². The summed E-state index contributed by atoms with van der Waals surface area (Å²) < 4.78 is 20.4. The lowest BCUT2D eigenvalue weighted by atomic mass is 10.1. The van der Waals surface area contributed by atoms with E-state index < -0.39 is 0 Å². The number of methoxy groups -OCH3 is 1. The van der Waals surface area contributed by atoms with E-state index in [0.29, 0.717) is 37.6 Å². The number of aryl methyl sites for hydroxylation is 1. The Balaban J connectivity index is 1.44. The number of aromatic nitrogens is 5. The Hall–Kier alpha value is -4.37. The second kappa shape index (κ2) is 10.7. The number of fused-ring (bicyclic) bond motifs is 1. The van der Waals surface area contributed by atoms with Gasteiger partial charge < -0.3 is 9.72 Å². The number of halogens is 1. The lowest BCUT2D eigenvalue weighted by molar-refractivity contribution is 0.236. The Kier molecular flexibility index (Phi) is 7.04. The fourth-order valence-corrected chi connectivity index (χ4v) is 4.26. The van der Waals surface area contributed by atoms with Crippen LogP contribution in [0.15, 0.2) is 77.6 Å². The Morgan fingerprint density at radius 1 is 0.946 bits per heavy atom. The Bertz CT molecular complexity index is 1560. The van der Waals surface area contributed by atoms with Gasteiger partial charge in [0.05, 0.1) is 20.2 Å². The summed E-state index contributed by atoms with van der Waals surface area (Å²) in [6, 6.07) is 22.1. The molecule has 5 rings (SSSR count). The van der Waals surface area contributed by atoms with Crippen LogP contribution >= 0.6 is 0 Å². The zero-order valence-electron chi connectivity index (χ0n) is 20.7. The smallest absolute Gasteiger partial charge is 0.252 e. The first kappa shape index (κ1) is 24.3. The summed E-state index contributed by atoms with van der Waals surface area (Å²) in [5.74, 6) is 1.08. The average molecular weight is 499 g/mol. The van der Waals surface area contributed by atoms with E-state index >= 15 is 0 Å². The van der Waals surface area contributed by atoms with E-state index in [1.807, 2.05) is 31.2 Å². The van der Waals surface area contributed by atoms with Gasteiger partial charge in [0.1, 0.15) is 11.6 Å². The molecule has 1 N–H and O–H groups in total. The number of tetrazole rings is 1. The molecule has 0 atom stereocenters. The quantitative estimate of drug-likeness (QED) is 0.327. The Labute approximate surface area is 213 Å². The van der Waals surface area contributed by atoms with E-state index in [2.05, 4.69) is 49.7 Å². The van der Waals surface area contributed by atoms with Gasteiger partial charge in [-0.3, -0.25) is 9.69 Å². The molecular formula is C28H27FN6O2. The highest BCUT2D eigenvalue weighted by Crippen LogP contribution is 2.20. The number of benzene rings is 3. The molecule has 9 heteroatoms. The summed E-state index contributed by atoms with van der Waals surface area (Å²) in [6.07, 6.45) is 0. The van der Waals surface area contributed by atoms with Crippen LogP contribution in [0.3, 0.4) is 0 Å². The van der Waals surface area contributed by atoms with E-state index in [1.165, 1.54) is 17.7 Å². The molecule has 0 saturated heterocycles. The maximum Gasteiger partial charge on any atom is 0.252 e. The van der Waals surface area contributed by atoms with Gasteiger partial charge in [0.2, 0.25) is 0 Å². The molecule has 0 saturated carbocycles. The third-order valence-electron chi connectivity index (χ3n) is 6.27. The number of nitrogens with zero attached hydrogens (tertiary/aromatic N) is 5. The summed E-state index contributed by atoms with van der Waals surface area (Å²) in [4.78, 5) is 18.1. The van der Waals surface area contributed by atoms with Crippen LogP contribution in [-0.4, -0.2) is 37.2 Å². The molecule has 0 aliphatic rings. The van der Waals surface area contributed by atoms with Crippen molar-refractivity contribution in [2.75, 3.05) is 7.11 Å². The molecule has 0 radical (unpaired) electrons. The van der Waals surface area contributed by atoms with Gasteiger partial charge in [-0.05, 0) is 64.9 Å². The van der Waals surface area contributed by atoms with Gasteiger partial charge in [0, 0.05) is 29.6 Å². The van der Waals surface area contributed by atoms with Crippen LogP contribution < -0.4 is 10.3 Å². The standard InChI is InChI=1S/C28H27FN6O2/c1-19-3-5-20(6-4-19)15-34(17-23-13-22-14-25(37-2)11-12-26(22)30-28(23)36)18-27-31-32-33-35(27)16-21-7-9-24(29)10-8-21/h3-14H,15-18H2,1-2H3,(H,30,36). The van der Waals surface area contributed by atoms with Crippen molar-refractivity contribution in [2.45, 2.75) is 33.1 Å². The summed E-state index contributed by atoms with van der Waals surface area (Å²) in [6.45, 7) is 3.86. The van der Waals surface area contributed by atoms with Crippen LogP contribution in [0.1, 0.15) is 28.1 Å². The molecule has 3 aromatic carbocycles. The first-order chi connectivity index (χ1) is 18.0. The molecule has 0 bridgehead atoms. The molecule has 0 aliphatic heterocycles. The van der Waals surface area contributed by atoms with Gasteiger partial charge in [-0.15, -0.1) is 5.10 Å². The fraction of sp³-hybridized carbons (Fsp3) is 0.214. The lowest BCUT2D eigenvalue weighted by Crippen LogP contribution is -2.28. The molecule has 2 heterocycles. The molecule has 0 unspecified atom stereocenters. The zero-order valence-corrected chi connectivity index (χ0v) is 20.7. The predicted molar refractivity (Wildman–Crippen MR) is 139 cm³/mol. The number of rotatable bonds is 9. The van der Waals surface area contributed by atoms with Crippen LogP contribution in [0.2, 0.25) is 0 Å². The van der Waals surface area contributed by atoms with E-state index in [9.17, 15) is 9.18 Å². The summed E-state index contributed by atoms with van der Waals surface area (Å²) >= 11 is 0. The van der Waals surface area contributed by atoms with Gasteiger partial charge >= 0.3 is 0 Å². The van der Waals surface area contributed by atoms with E-state index in [-0.39, 0.29) is 11.4 Å². The van der Waals surface area contributed by atoms with Gasteiger partial charge in [-0.1, -0.05) is 42.0 Å². The second-order valence-corrected chi connectivity index (χ2v) is 9.09. The molecule has 8 nitrogen and oxygen atoms in total. The Morgan fingerprint density at radius 2 is 1.70 bits per heavy atom. The van der Waals surface area contributed by atoms with E-state index in [0.717, 1.165) is 27.8 Å². The van der Waals surface area contributed by atoms with Crippen LogP contribution in [0, 0.1) is 12.7 Å². The lowest BCUT2D eigenvalue weighted by Gasteiger charge is -2.22. The largest absolute Gasteiger partial charge is 0.497 e. The number of hydrogen-bond acceptors (Lipinski definition) is 6. The number of pyridine rings is 1. The first-order valence-corrected chi connectivity index (χ1v) is 11.9. The van der Waals surface area contributed by atoms with Crippen molar-refractivity contribution in [3.05, 3.63) is 117 Å². The fourth-order valence-electron chi connectivity index (χ4n) is 4.26. The molecule has 0 fully saturated rings. The number of H-pyrrole nitrogens is 1. The Morgan fingerprint density at radius 3 is 2.46 bits per heavy atom. The highest BCUT2D eigenvalue weighted by Gasteiger charge is 2.16. The maximum atomic E-state index is 13.3. The van der Waals surface area contributed by atoms with Crippen molar-refractivity contribution in [1.82, 2.24) is 30.1 Å². The molecular weight excluding hydrogens is 471 g/mol. The third kappa shape index (κ3) is 5.90. The highest BCUT2D eigenvalue weighted by molar-refractivity contribution is 5.80. The van der Waals surface area contributed by atoms with Crippen LogP contribution in [0.5, 0.6) is 5.75 Å². The van der Waals surface area contributed by atoms with E-state index in [4.69, 9.17) is 4.74 Å². The van der Waals surface area contributed by atoms with Crippen molar-refractivity contribution < 1.29 is 9.13 Å². The average Bonchev–Trinajstić information content (AvgIpc) is 3.33. The molecule has 0 spiro atoms. The van der Waals surface area contributed by atoms with E-state index in [1.54, 1.807) is 23.9 Å². The minimum atomic E-state index is -0.289. The minimum absolute atomic E-state index is 0.141. The second-order valence-electron chi connectivity index (χ2n) is 9.09. The molecule has 0 aliphatic carbocycles. The maximum absolute atomic E-state index is 13.3. The molecule has 5 aromatic rings. The van der Waals surface area contributed by atoms with Crippen molar-refractivity contribution >= 4 is 10.9 Å². The van der Waals surface area contributed by atoms with Gasteiger partial charge in [-0.25, -0.2) is 9.07 Å². The third-order valence-corrected chi connectivity index (χ3v) is 6.27. The van der Waals surface area contributed by atoms with Crippen molar-refractivity contribution in [3.8, 4) is 5.75 Å². The summed E-state index contributed by atoms with van der Waals surface area (Å²) in [5.41, 5.74) is 4.42. The molecule has 188 valence electrons. The van der Waals surface area contributed by atoms with Crippen molar-refractivity contribution in [2.24, 2.45) is 0 Å². The zero-order chi connectivity index (χ0) is 25.8. The molecule has 0 amide bonds. The van der Waals surface area contributed by atoms with Crippen LogP contribution in [0.4, 0.5) is 4.39 Å².